The third-order valence-electron chi connectivity index (χ3n) is 6.44. The predicted octanol–water partition coefficient (Wildman–Crippen LogP) is 6.05. The molecule has 1 aliphatic carbocycles. The van der Waals surface area contributed by atoms with Crippen LogP contribution in [0.2, 0.25) is 10.0 Å². The maximum absolute atomic E-state index is 13.0. The van der Waals surface area contributed by atoms with Gasteiger partial charge in [-0.1, -0.05) is 42.5 Å². The second-order valence-electron chi connectivity index (χ2n) is 8.60. The highest BCUT2D eigenvalue weighted by atomic mass is 35.5. The summed E-state index contributed by atoms with van der Waals surface area (Å²) in [4.78, 5) is 32.5. The lowest BCUT2D eigenvalue weighted by atomic mass is 9.90. The predicted molar refractivity (Wildman–Crippen MR) is 136 cm³/mol. The molecule has 0 radical (unpaired) electrons. The van der Waals surface area contributed by atoms with Crippen LogP contribution in [0.4, 0.5) is 11.5 Å². The summed E-state index contributed by atoms with van der Waals surface area (Å²) in [6.07, 6.45) is 9.68. The largest absolute Gasteiger partial charge is 0.325 e. The van der Waals surface area contributed by atoms with Gasteiger partial charge in [0.25, 0.3) is 5.91 Å². The van der Waals surface area contributed by atoms with E-state index in [1.54, 1.807) is 30.3 Å². The zero-order chi connectivity index (χ0) is 22.5. The van der Waals surface area contributed by atoms with Crippen LogP contribution in [-0.4, -0.2) is 40.8 Å². The van der Waals surface area contributed by atoms with Gasteiger partial charge in [-0.2, -0.15) is 0 Å². The van der Waals surface area contributed by atoms with Crippen molar-refractivity contribution >= 4 is 58.9 Å². The van der Waals surface area contributed by atoms with E-state index in [0.29, 0.717) is 33.2 Å². The minimum absolute atomic E-state index is 0. The van der Waals surface area contributed by atoms with Gasteiger partial charge >= 0.3 is 0 Å². The zero-order valence-corrected chi connectivity index (χ0v) is 20.7. The first kappa shape index (κ1) is 25.8. The van der Waals surface area contributed by atoms with Crippen molar-refractivity contribution in [2.24, 2.45) is 5.92 Å². The van der Waals surface area contributed by atoms with Gasteiger partial charge in [-0.05, 0) is 69.1 Å². The summed E-state index contributed by atoms with van der Waals surface area (Å²) >= 11 is 12.0. The van der Waals surface area contributed by atoms with Crippen molar-refractivity contribution in [3.05, 3.63) is 52.1 Å². The monoisotopic (exact) mass is 510 g/mol. The molecule has 2 N–H and O–H groups in total. The maximum atomic E-state index is 13.0. The summed E-state index contributed by atoms with van der Waals surface area (Å²) in [6.45, 7) is 1.91. The topological polar surface area (TPSA) is 74.3 Å². The normalized spacial score (nSPS) is 17.8. The average Bonchev–Trinajstić information content (AvgIpc) is 2.82. The van der Waals surface area contributed by atoms with E-state index >= 15 is 0 Å². The molecule has 0 spiro atoms. The number of likely N-dealkylation sites (tertiary alicyclic amines) is 1. The SMILES string of the molecule is Cl.O=C(Nc1ccc(Cl)cn1)c1cc(Cl)ccc1NC(=O)C1CCN(C2CCCCC2)CC1. The van der Waals surface area contributed by atoms with Crippen LogP contribution in [0, 0.1) is 5.92 Å². The van der Waals surface area contributed by atoms with Gasteiger partial charge in [0, 0.05) is 23.2 Å². The average molecular weight is 512 g/mol. The molecule has 0 atom stereocenters. The van der Waals surface area contributed by atoms with E-state index in [4.69, 9.17) is 23.2 Å². The van der Waals surface area contributed by atoms with E-state index in [9.17, 15) is 9.59 Å². The molecule has 1 aromatic carbocycles. The molecule has 33 heavy (non-hydrogen) atoms. The van der Waals surface area contributed by atoms with E-state index < -0.39 is 5.91 Å². The minimum Gasteiger partial charge on any atom is -0.325 e. The molecule has 0 unspecified atom stereocenters. The van der Waals surface area contributed by atoms with Crippen LogP contribution >= 0.6 is 35.6 Å². The van der Waals surface area contributed by atoms with Gasteiger partial charge in [-0.3, -0.25) is 9.59 Å². The van der Waals surface area contributed by atoms with Crippen molar-refractivity contribution in [3.63, 3.8) is 0 Å². The number of carbonyl (C=O) groups excluding carboxylic acids is 2. The molecule has 1 aliphatic heterocycles. The quantitative estimate of drug-likeness (QED) is 0.513. The molecule has 2 aromatic rings. The first-order valence-electron chi connectivity index (χ1n) is 11.3. The lowest BCUT2D eigenvalue weighted by molar-refractivity contribution is -0.121. The van der Waals surface area contributed by atoms with Crippen molar-refractivity contribution in [1.82, 2.24) is 9.88 Å². The fraction of sp³-hybridized carbons (Fsp3) is 0.458. The molecular weight excluding hydrogens is 483 g/mol. The highest BCUT2D eigenvalue weighted by molar-refractivity contribution is 6.31. The van der Waals surface area contributed by atoms with E-state index in [-0.39, 0.29) is 24.2 Å². The molecule has 1 saturated heterocycles. The van der Waals surface area contributed by atoms with Crippen LogP contribution in [0.1, 0.15) is 55.3 Å². The lowest BCUT2D eigenvalue weighted by Gasteiger charge is -2.39. The Morgan fingerprint density at radius 1 is 0.909 bits per heavy atom. The summed E-state index contributed by atoms with van der Waals surface area (Å²) in [5.74, 6) is -0.134. The number of benzene rings is 1. The van der Waals surface area contributed by atoms with E-state index in [1.165, 1.54) is 38.3 Å². The Morgan fingerprint density at radius 2 is 1.61 bits per heavy atom. The number of aromatic nitrogens is 1. The maximum Gasteiger partial charge on any atom is 0.258 e. The van der Waals surface area contributed by atoms with Gasteiger partial charge in [0.2, 0.25) is 5.91 Å². The van der Waals surface area contributed by atoms with Gasteiger partial charge in [-0.15, -0.1) is 12.4 Å². The fourth-order valence-electron chi connectivity index (χ4n) is 4.65. The van der Waals surface area contributed by atoms with Crippen molar-refractivity contribution < 1.29 is 9.59 Å². The number of nitrogens with one attached hydrogen (secondary N) is 2. The lowest BCUT2D eigenvalue weighted by Crippen LogP contribution is -2.44. The molecular formula is C24H29Cl3N4O2. The van der Waals surface area contributed by atoms with Crippen LogP contribution in [0.15, 0.2) is 36.5 Å². The van der Waals surface area contributed by atoms with Gasteiger partial charge in [-0.25, -0.2) is 4.98 Å². The number of pyridine rings is 1. The van der Waals surface area contributed by atoms with Crippen molar-refractivity contribution in [3.8, 4) is 0 Å². The number of halogens is 3. The van der Waals surface area contributed by atoms with E-state index in [2.05, 4.69) is 20.5 Å². The summed E-state index contributed by atoms with van der Waals surface area (Å²) in [5.41, 5.74) is 0.739. The van der Waals surface area contributed by atoms with Crippen LogP contribution in [0.5, 0.6) is 0 Å². The highest BCUT2D eigenvalue weighted by Gasteiger charge is 2.30. The molecule has 1 saturated carbocycles. The fourth-order valence-corrected chi connectivity index (χ4v) is 4.94. The third kappa shape index (κ3) is 6.82. The molecule has 2 heterocycles. The van der Waals surface area contributed by atoms with Crippen molar-refractivity contribution in [1.29, 1.82) is 0 Å². The second-order valence-corrected chi connectivity index (χ2v) is 9.47. The second kappa shape index (κ2) is 12.0. The number of nitrogens with zero attached hydrogens (tertiary/aromatic N) is 2. The van der Waals surface area contributed by atoms with Crippen LogP contribution < -0.4 is 10.6 Å². The Balaban J connectivity index is 0.00000306. The molecule has 2 amide bonds. The number of hydrogen-bond donors (Lipinski definition) is 2. The van der Waals surface area contributed by atoms with Crippen molar-refractivity contribution in [2.45, 2.75) is 51.0 Å². The Hall–Kier alpha value is -1.86. The van der Waals surface area contributed by atoms with E-state index in [1.807, 2.05) is 0 Å². The van der Waals surface area contributed by atoms with Gasteiger partial charge in [0.15, 0.2) is 0 Å². The Kier molecular flexibility index (Phi) is 9.38. The Labute approximate surface area is 210 Å². The highest BCUT2D eigenvalue weighted by Crippen LogP contribution is 2.29. The van der Waals surface area contributed by atoms with Gasteiger partial charge in [0.1, 0.15) is 5.82 Å². The Bertz CT molecular complexity index is 957. The smallest absolute Gasteiger partial charge is 0.258 e. The standard InChI is InChI=1S/C24H28Cl2N4O2.ClH/c25-17-6-8-21(20(14-17)24(32)29-22-9-7-18(26)15-27-22)28-23(31)16-10-12-30(13-11-16)19-4-2-1-3-5-19;/h6-9,14-16,19H,1-5,10-13H2,(H,28,31)(H,27,29,32);1H. The molecule has 9 heteroatoms. The van der Waals surface area contributed by atoms with Gasteiger partial charge in [0.05, 0.1) is 16.3 Å². The van der Waals surface area contributed by atoms with Crippen molar-refractivity contribution in [2.75, 3.05) is 23.7 Å². The molecule has 1 aromatic heterocycles. The summed E-state index contributed by atoms with van der Waals surface area (Å²) in [7, 11) is 0. The van der Waals surface area contributed by atoms with Crippen LogP contribution in [0.3, 0.4) is 0 Å². The summed E-state index contributed by atoms with van der Waals surface area (Å²) in [6, 6.07) is 8.82. The number of rotatable bonds is 5. The number of carbonyl (C=O) groups is 2. The molecule has 6 nitrogen and oxygen atoms in total. The number of amides is 2. The minimum atomic E-state index is -0.398. The molecule has 178 valence electrons. The summed E-state index contributed by atoms with van der Waals surface area (Å²) < 4.78 is 0. The molecule has 2 fully saturated rings. The molecule has 2 aliphatic rings. The number of hydrogen-bond acceptors (Lipinski definition) is 4. The van der Waals surface area contributed by atoms with Crippen LogP contribution in [0.25, 0.3) is 0 Å². The number of piperidine rings is 1. The zero-order valence-electron chi connectivity index (χ0n) is 18.4. The number of anilines is 2. The van der Waals surface area contributed by atoms with Crippen LogP contribution in [-0.2, 0) is 4.79 Å². The third-order valence-corrected chi connectivity index (χ3v) is 6.90. The Morgan fingerprint density at radius 3 is 2.27 bits per heavy atom. The first-order chi connectivity index (χ1) is 15.5. The summed E-state index contributed by atoms with van der Waals surface area (Å²) in [5, 5.41) is 6.58. The van der Waals surface area contributed by atoms with Gasteiger partial charge < -0.3 is 15.5 Å². The molecule has 0 bridgehead atoms. The van der Waals surface area contributed by atoms with E-state index in [0.717, 1.165) is 25.9 Å². The first-order valence-corrected chi connectivity index (χ1v) is 12.0. The molecule has 4 rings (SSSR count).